The fourth-order valence-electron chi connectivity index (χ4n) is 8.55. The molecule has 0 aliphatic carbocycles. The lowest BCUT2D eigenvalue weighted by atomic mass is 10.0. The molecule has 0 heterocycles. The molecule has 0 amide bonds. The van der Waals surface area contributed by atoms with Crippen LogP contribution in [0.25, 0.3) is 0 Å². The van der Waals surface area contributed by atoms with Crippen molar-refractivity contribution in [2.45, 2.75) is 328 Å². The summed E-state index contributed by atoms with van der Waals surface area (Å²) in [6.45, 7) is 5.24. The van der Waals surface area contributed by atoms with Crippen molar-refractivity contribution in [3.8, 4) is 0 Å². The van der Waals surface area contributed by atoms with E-state index in [1.165, 1.54) is 295 Å². The monoisotopic (exact) mass is 775 g/mol. The van der Waals surface area contributed by atoms with Gasteiger partial charge in [-0.05, 0) is 12.8 Å². The Labute approximate surface area is 349 Å². The van der Waals surface area contributed by atoms with Crippen LogP contribution in [0.15, 0.2) is 0 Å². The zero-order valence-electron chi connectivity index (χ0n) is 38.7. The molecule has 0 rings (SSSR count). The van der Waals surface area contributed by atoms with Gasteiger partial charge in [-0.1, -0.05) is 309 Å². The van der Waals surface area contributed by atoms with Crippen molar-refractivity contribution in [2.24, 2.45) is 0 Å². The molecule has 2 heteroatoms. The van der Waals surface area contributed by atoms with E-state index in [0.29, 0.717) is 13.0 Å². The van der Waals surface area contributed by atoms with Crippen LogP contribution in [0.3, 0.4) is 0 Å². The SMILES string of the molecule is CCCCCCCCCCCCCCCCCCCCCCCCCCCCOC(=O)CCCCCCCCCCCCCCCCCCCCCCCC. The van der Waals surface area contributed by atoms with Crippen molar-refractivity contribution in [3.05, 3.63) is 0 Å². The Morgan fingerprint density at radius 3 is 0.600 bits per heavy atom. The summed E-state index contributed by atoms with van der Waals surface area (Å²) in [5.74, 6) is 0.0350. The van der Waals surface area contributed by atoms with Crippen LogP contribution in [0.1, 0.15) is 328 Å². The van der Waals surface area contributed by atoms with E-state index in [4.69, 9.17) is 4.74 Å². The second kappa shape index (κ2) is 51.5. The number of rotatable bonds is 50. The highest BCUT2D eigenvalue weighted by atomic mass is 16.5. The molecule has 0 spiro atoms. The average molecular weight is 775 g/mol. The molecule has 2 nitrogen and oxygen atoms in total. The maximum Gasteiger partial charge on any atom is 0.305 e. The predicted octanol–water partition coefficient (Wildman–Crippen LogP) is 19.7. The fourth-order valence-corrected chi connectivity index (χ4v) is 8.55. The molecule has 0 radical (unpaired) electrons. The highest BCUT2D eigenvalue weighted by Crippen LogP contribution is 2.18. The molecule has 0 aromatic heterocycles. The van der Waals surface area contributed by atoms with Gasteiger partial charge in [0.15, 0.2) is 0 Å². The molecule has 0 unspecified atom stereocenters. The van der Waals surface area contributed by atoms with Gasteiger partial charge in [0.05, 0.1) is 6.61 Å². The van der Waals surface area contributed by atoms with Crippen LogP contribution in [0.2, 0.25) is 0 Å². The molecular weight excluding hydrogens is 669 g/mol. The number of unbranched alkanes of at least 4 members (excludes halogenated alkanes) is 46. The van der Waals surface area contributed by atoms with Crippen molar-refractivity contribution in [1.29, 1.82) is 0 Å². The Hall–Kier alpha value is -0.530. The first-order valence-electron chi connectivity index (χ1n) is 26.5. The predicted molar refractivity (Wildman–Crippen MR) is 249 cm³/mol. The quantitative estimate of drug-likeness (QED) is 0.0454. The molecule has 0 atom stereocenters. The second-order valence-electron chi connectivity index (χ2n) is 18.2. The van der Waals surface area contributed by atoms with Crippen molar-refractivity contribution < 1.29 is 9.53 Å². The van der Waals surface area contributed by atoms with Crippen LogP contribution >= 0.6 is 0 Å². The Bertz CT molecular complexity index is 673. The zero-order valence-corrected chi connectivity index (χ0v) is 38.7. The van der Waals surface area contributed by atoms with Crippen LogP contribution in [-0.2, 0) is 9.53 Å². The van der Waals surface area contributed by atoms with E-state index in [2.05, 4.69) is 13.8 Å². The third-order valence-electron chi connectivity index (χ3n) is 12.5. The normalized spacial score (nSPS) is 11.5. The molecule has 55 heavy (non-hydrogen) atoms. The lowest BCUT2D eigenvalue weighted by Gasteiger charge is -2.06. The van der Waals surface area contributed by atoms with E-state index < -0.39 is 0 Å². The molecule has 0 aliphatic heterocycles. The molecule has 0 bridgehead atoms. The summed E-state index contributed by atoms with van der Waals surface area (Å²) in [6, 6.07) is 0. The second-order valence-corrected chi connectivity index (χ2v) is 18.2. The molecule has 0 N–H and O–H groups in total. The van der Waals surface area contributed by atoms with Crippen LogP contribution < -0.4 is 0 Å². The third-order valence-corrected chi connectivity index (χ3v) is 12.5. The number of hydrogen-bond acceptors (Lipinski definition) is 2. The van der Waals surface area contributed by atoms with Gasteiger partial charge < -0.3 is 4.74 Å². The van der Waals surface area contributed by atoms with E-state index in [1.54, 1.807) is 0 Å². The van der Waals surface area contributed by atoms with Gasteiger partial charge in [-0.3, -0.25) is 4.79 Å². The van der Waals surface area contributed by atoms with Crippen LogP contribution in [0.4, 0.5) is 0 Å². The first-order chi connectivity index (χ1) is 27.3. The van der Waals surface area contributed by atoms with E-state index in [0.717, 1.165) is 12.8 Å². The van der Waals surface area contributed by atoms with Gasteiger partial charge in [-0.25, -0.2) is 0 Å². The minimum atomic E-state index is 0.0350. The highest BCUT2D eigenvalue weighted by molar-refractivity contribution is 5.69. The van der Waals surface area contributed by atoms with Crippen LogP contribution in [0.5, 0.6) is 0 Å². The van der Waals surface area contributed by atoms with Crippen LogP contribution in [-0.4, -0.2) is 12.6 Å². The van der Waals surface area contributed by atoms with Gasteiger partial charge in [-0.15, -0.1) is 0 Å². The fraction of sp³-hybridized carbons (Fsp3) is 0.981. The van der Waals surface area contributed by atoms with E-state index in [-0.39, 0.29) is 5.97 Å². The van der Waals surface area contributed by atoms with Gasteiger partial charge in [0.25, 0.3) is 0 Å². The maximum absolute atomic E-state index is 12.1. The summed E-state index contributed by atoms with van der Waals surface area (Å²) in [5, 5.41) is 0. The average Bonchev–Trinajstić information content (AvgIpc) is 3.19. The topological polar surface area (TPSA) is 26.3 Å². The largest absolute Gasteiger partial charge is 0.466 e. The van der Waals surface area contributed by atoms with Gasteiger partial charge in [0.1, 0.15) is 0 Å². The van der Waals surface area contributed by atoms with Crippen molar-refractivity contribution in [1.82, 2.24) is 0 Å². The van der Waals surface area contributed by atoms with E-state index in [9.17, 15) is 4.79 Å². The lowest BCUT2D eigenvalue weighted by Crippen LogP contribution is -2.05. The summed E-state index contributed by atoms with van der Waals surface area (Å²) >= 11 is 0. The lowest BCUT2D eigenvalue weighted by molar-refractivity contribution is -0.143. The molecule has 0 fully saturated rings. The first-order valence-corrected chi connectivity index (χ1v) is 26.5. The highest BCUT2D eigenvalue weighted by Gasteiger charge is 2.03. The molecule has 0 saturated heterocycles. The molecule has 0 saturated carbocycles. The van der Waals surface area contributed by atoms with E-state index >= 15 is 0 Å². The Balaban J connectivity index is 3.14. The Kier molecular flexibility index (Phi) is 51.0. The zero-order chi connectivity index (χ0) is 39.6. The summed E-state index contributed by atoms with van der Waals surface area (Å²) < 4.78 is 5.50. The Morgan fingerprint density at radius 1 is 0.236 bits per heavy atom. The van der Waals surface area contributed by atoms with Crippen molar-refractivity contribution in [2.75, 3.05) is 6.61 Å². The smallest absolute Gasteiger partial charge is 0.305 e. The van der Waals surface area contributed by atoms with Gasteiger partial charge in [0.2, 0.25) is 0 Å². The van der Waals surface area contributed by atoms with E-state index in [1.807, 2.05) is 0 Å². The maximum atomic E-state index is 12.1. The first kappa shape index (κ1) is 54.5. The minimum Gasteiger partial charge on any atom is -0.466 e. The summed E-state index contributed by atoms with van der Waals surface area (Å²) in [6.07, 6.45) is 68.3. The number of ether oxygens (including phenoxy) is 1. The van der Waals surface area contributed by atoms with Crippen molar-refractivity contribution in [3.63, 3.8) is 0 Å². The number of esters is 1. The van der Waals surface area contributed by atoms with Gasteiger partial charge in [-0.2, -0.15) is 0 Å². The summed E-state index contributed by atoms with van der Waals surface area (Å²) in [7, 11) is 0. The minimum absolute atomic E-state index is 0.0350. The molecule has 330 valence electrons. The standard InChI is InChI=1S/C53H106O2/c1-3-5-7-9-11-13-15-17-19-21-23-25-27-28-29-30-32-34-36-38-40-42-44-46-48-50-52-55-53(54)51-49-47-45-43-41-39-37-35-33-31-26-24-22-20-18-16-14-12-10-8-6-4-2/h3-52H2,1-2H3. The third kappa shape index (κ3) is 51.5. The molecule has 0 aromatic carbocycles. The van der Waals surface area contributed by atoms with Gasteiger partial charge in [0, 0.05) is 6.42 Å². The number of carbonyl (C=O) groups excluding carboxylic acids is 1. The molecular formula is C53H106O2. The van der Waals surface area contributed by atoms with Gasteiger partial charge >= 0.3 is 5.97 Å². The molecule has 0 aromatic rings. The Morgan fingerprint density at radius 2 is 0.400 bits per heavy atom. The number of carbonyl (C=O) groups is 1. The summed E-state index contributed by atoms with van der Waals surface area (Å²) in [4.78, 5) is 12.1. The number of hydrogen-bond donors (Lipinski definition) is 0. The molecule has 0 aliphatic rings. The van der Waals surface area contributed by atoms with Crippen LogP contribution in [0, 0.1) is 0 Å². The summed E-state index contributed by atoms with van der Waals surface area (Å²) in [5.41, 5.74) is 0. The van der Waals surface area contributed by atoms with Crippen molar-refractivity contribution >= 4 is 5.97 Å².